The lowest BCUT2D eigenvalue weighted by atomic mass is 9.93. The minimum absolute atomic E-state index is 0.0470. The summed E-state index contributed by atoms with van der Waals surface area (Å²) in [7, 11) is 1.72. The van der Waals surface area contributed by atoms with Crippen LogP contribution in [0.25, 0.3) is 5.70 Å². The minimum atomic E-state index is -0.217. The van der Waals surface area contributed by atoms with E-state index in [1.165, 1.54) is 5.01 Å². The van der Waals surface area contributed by atoms with E-state index in [1.54, 1.807) is 24.9 Å². The van der Waals surface area contributed by atoms with Gasteiger partial charge in [0.1, 0.15) is 0 Å². The SMILES string of the molecule is CCOC(=O)C[C@H]1CCC(=O)N(c2ccc(/C(N)=C(\C)N(C)N)nc2CC)C1. The van der Waals surface area contributed by atoms with Crippen LogP contribution < -0.4 is 16.5 Å². The van der Waals surface area contributed by atoms with Crippen molar-refractivity contribution in [1.82, 2.24) is 9.99 Å². The van der Waals surface area contributed by atoms with Crippen molar-refractivity contribution in [1.29, 1.82) is 0 Å². The molecule has 28 heavy (non-hydrogen) atoms. The molecule has 0 aliphatic carbocycles. The molecule has 1 saturated heterocycles. The van der Waals surface area contributed by atoms with Crippen LogP contribution in [0.2, 0.25) is 0 Å². The zero-order valence-electron chi connectivity index (χ0n) is 17.2. The maximum atomic E-state index is 12.6. The van der Waals surface area contributed by atoms with Crippen LogP contribution in [0.5, 0.6) is 0 Å². The first-order valence-electron chi connectivity index (χ1n) is 9.69. The third-order valence-corrected chi connectivity index (χ3v) is 5.04. The number of rotatable bonds is 7. The quantitative estimate of drug-likeness (QED) is 0.415. The molecule has 1 atom stereocenters. The van der Waals surface area contributed by atoms with Gasteiger partial charge in [-0.2, -0.15) is 0 Å². The van der Waals surface area contributed by atoms with E-state index >= 15 is 0 Å². The molecule has 154 valence electrons. The van der Waals surface area contributed by atoms with E-state index in [-0.39, 0.29) is 17.8 Å². The maximum absolute atomic E-state index is 12.6. The van der Waals surface area contributed by atoms with Crippen LogP contribution in [0.1, 0.15) is 51.4 Å². The van der Waals surface area contributed by atoms with Gasteiger partial charge < -0.3 is 20.4 Å². The monoisotopic (exact) mass is 389 g/mol. The molecule has 2 heterocycles. The van der Waals surface area contributed by atoms with E-state index in [4.69, 9.17) is 16.3 Å². The second kappa shape index (κ2) is 9.54. The van der Waals surface area contributed by atoms with Crippen LogP contribution in [-0.4, -0.2) is 42.1 Å². The summed E-state index contributed by atoms with van der Waals surface area (Å²) < 4.78 is 5.05. The number of ether oxygens (including phenoxy) is 1. The van der Waals surface area contributed by atoms with Crippen molar-refractivity contribution in [2.75, 3.05) is 25.1 Å². The number of piperidine rings is 1. The van der Waals surface area contributed by atoms with Gasteiger partial charge in [-0.3, -0.25) is 9.59 Å². The molecule has 2 rings (SSSR count). The van der Waals surface area contributed by atoms with Gasteiger partial charge in [-0.25, -0.2) is 10.8 Å². The summed E-state index contributed by atoms with van der Waals surface area (Å²) in [4.78, 5) is 30.8. The molecule has 0 bridgehead atoms. The van der Waals surface area contributed by atoms with Crippen LogP contribution in [0.15, 0.2) is 17.8 Å². The Balaban J connectivity index is 2.28. The summed E-state index contributed by atoms with van der Waals surface area (Å²) in [5, 5.41) is 1.45. The van der Waals surface area contributed by atoms with E-state index in [9.17, 15) is 9.59 Å². The zero-order valence-corrected chi connectivity index (χ0v) is 17.2. The van der Waals surface area contributed by atoms with Gasteiger partial charge in [0.15, 0.2) is 0 Å². The summed E-state index contributed by atoms with van der Waals surface area (Å²) in [6.45, 7) is 6.46. The third-order valence-electron chi connectivity index (χ3n) is 5.04. The minimum Gasteiger partial charge on any atom is -0.466 e. The number of aromatic nitrogens is 1. The first-order valence-corrected chi connectivity index (χ1v) is 9.69. The van der Waals surface area contributed by atoms with Gasteiger partial charge in [-0.15, -0.1) is 0 Å². The lowest BCUT2D eigenvalue weighted by Crippen LogP contribution is -2.41. The second-order valence-corrected chi connectivity index (χ2v) is 7.04. The number of nitrogens with zero attached hydrogens (tertiary/aromatic N) is 3. The van der Waals surface area contributed by atoms with Gasteiger partial charge >= 0.3 is 5.97 Å². The molecular formula is C20H31N5O3. The Kier molecular flexibility index (Phi) is 7.39. The number of hydrazine groups is 1. The van der Waals surface area contributed by atoms with Crippen LogP contribution >= 0.6 is 0 Å². The molecule has 0 aromatic carbocycles. The Bertz CT molecular complexity index is 760. The smallest absolute Gasteiger partial charge is 0.306 e. The Morgan fingerprint density at radius 2 is 2.11 bits per heavy atom. The van der Waals surface area contributed by atoms with Gasteiger partial charge in [0.05, 0.1) is 41.5 Å². The highest BCUT2D eigenvalue weighted by Gasteiger charge is 2.30. The van der Waals surface area contributed by atoms with Crippen molar-refractivity contribution < 1.29 is 14.3 Å². The number of hydrogen-bond acceptors (Lipinski definition) is 7. The van der Waals surface area contributed by atoms with Crippen LogP contribution in [-0.2, 0) is 20.7 Å². The Hall–Kier alpha value is -2.61. The zero-order chi connectivity index (χ0) is 20.8. The molecule has 1 amide bonds. The number of nitrogens with two attached hydrogens (primary N) is 2. The predicted octanol–water partition coefficient (Wildman–Crippen LogP) is 1.79. The standard InChI is InChI=1S/C20H31N5O3/c1-5-15-17(9-8-16(23-15)20(21)13(3)24(4)22)25-12-14(7-10-18(25)26)11-19(27)28-6-2/h8-9,14H,5-7,10-12,21-22H2,1-4H3/b20-13-/t14-/m1/s1. The summed E-state index contributed by atoms with van der Waals surface area (Å²) in [6, 6.07) is 3.68. The fourth-order valence-corrected chi connectivity index (χ4v) is 3.29. The van der Waals surface area contributed by atoms with Gasteiger partial charge in [0.25, 0.3) is 0 Å². The molecule has 8 nitrogen and oxygen atoms in total. The molecule has 0 radical (unpaired) electrons. The van der Waals surface area contributed by atoms with Crippen LogP contribution in [0, 0.1) is 5.92 Å². The Morgan fingerprint density at radius 3 is 2.71 bits per heavy atom. The summed E-state index contributed by atoms with van der Waals surface area (Å²) in [6.07, 6.45) is 2.08. The van der Waals surface area contributed by atoms with Gasteiger partial charge in [0, 0.05) is 20.0 Å². The van der Waals surface area contributed by atoms with Gasteiger partial charge in [-0.05, 0) is 44.7 Å². The lowest BCUT2D eigenvalue weighted by Gasteiger charge is -2.33. The normalized spacial score (nSPS) is 18.0. The largest absolute Gasteiger partial charge is 0.466 e. The molecule has 1 aromatic rings. The number of esters is 1. The highest BCUT2D eigenvalue weighted by atomic mass is 16.5. The number of pyridine rings is 1. The van der Waals surface area contributed by atoms with Crippen molar-refractivity contribution in [3.63, 3.8) is 0 Å². The molecule has 0 saturated carbocycles. The number of aryl methyl sites for hydroxylation is 1. The molecule has 1 fully saturated rings. The average molecular weight is 390 g/mol. The topological polar surface area (TPSA) is 115 Å². The average Bonchev–Trinajstić information content (AvgIpc) is 2.68. The molecule has 8 heteroatoms. The number of carbonyl (C=O) groups is 2. The fourth-order valence-electron chi connectivity index (χ4n) is 3.29. The number of allylic oxidation sites excluding steroid dienone is 1. The van der Waals surface area contributed by atoms with Crippen LogP contribution in [0.3, 0.4) is 0 Å². The highest BCUT2D eigenvalue weighted by Crippen LogP contribution is 2.29. The highest BCUT2D eigenvalue weighted by molar-refractivity contribution is 5.95. The molecule has 0 spiro atoms. The van der Waals surface area contributed by atoms with Crippen molar-refractivity contribution in [2.24, 2.45) is 17.5 Å². The summed E-state index contributed by atoms with van der Waals surface area (Å²) >= 11 is 0. The van der Waals surface area contributed by atoms with E-state index in [0.29, 0.717) is 55.9 Å². The lowest BCUT2D eigenvalue weighted by molar-refractivity contribution is -0.144. The second-order valence-electron chi connectivity index (χ2n) is 7.04. The predicted molar refractivity (Wildman–Crippen MR) is 109 cm³/mol. The van der Waals surface area contributed by atoms with E-state index in [2.05, 4.69) is 4.98 Å². The van der Waals surface area contributed by atoms with E-state index in [1.807, 2.05) is 19.9 Å². The van der Waals surface area contributed by atoms with Gasteiger partial charge in [-0.1, -0.05) is 6.92 Å². The number of hydrogen-bond donors (Lipinski definition) is 2. The van der Waals surface area contributed by atoms with E-state index < -0.39 is 0 Å². The number of anilines is 1. The van der Waals surface area contributed by atoms with Crippen LogP contribution in [0.4, 0.5) is 5.69 Å². The fraction of sp³-hybridized carbons (Fsp3) is 0.550. The summed E-state index contributed by atoms with van der Waals surface area (Å²) in [5.41, 5.74) is 9.59. The maximum Gasteiger partial charge on any atom is 0.306 e. The van der Waals surface area contributed by atoms with E-state index in [0.717, 1.165) is 11.4 Å². The third kappa shape index (κ3) is 5.01. The molecule has 1 aliphatic rings. The molecule has 4 N–H and O–H groups in total. The summed E-state index contributed by atoms with van der Waals surface area (Å²) in [5.74, 6) is 5.68. The Morgan fingerprint density at radius 1 is 1.39 bits per heavy atom. The van der Waals surface area contributed by atoms with Crippen molar-refractivity contribution in [2.45, 2.75) is 46.5 Å². The van der Waals surface area contributed by atoms with Crippen molar-refractivity contribution in [3.05, 3.63) is 29.2 Å². The number of carbonyl (C=O) groups excluding carboxylic acids is 2. The molecule has 1 aromatic heterocycles. The molecule has 1 aliphatic heterocycles. The first kappa shape index (κ1) is 21.7. The Labute approximate surface area is 166 Å². The first-order chi connectivity index (χ1) is 13.3. The van der Waals surface area contributed by atoms with Crippen molar-refractivity contribution >= 4 is 23.3 Å². The van der Waals surface area contributed by atoms with Gasteiger partial charge in [0.2, 0.25) is 5.91 Å². The molecule has 0 unspecified atom stereocenters. The molecular weight excluding hydrogens is 358 g/mol. The van der Waals surface area contributed by atoms with Crippen molar-refractivity contribution in [3.8, 4) is 0 Å². The number of amides is 1.